The molecule has 1 aromatic rings. The molecule has 3 heteroatoms. The zero-order chi connectivity index (χ0) is 14.2. The van der Waals surface area contributed by atoms with Gasteiger partial charge in [-0.15, -0.1) is 0 Å². The fourth-order valence-corrected chi connectivity index (χ4v) is 6.65. The molecule has 0 amide bonds. The number of halogens is 3. The standard InChI is InChI=1S/C17H21Br3/c18-10-17(11-19,15-3-5-16(20)6-4-15)9-14-8-12-1-2-13(14)7-12/h3-6,12-14H,1-2,7-11H2. The Kier molecular flexibility index (Phi) is 4.99. The molecular formula is C17H21Br3. The van der Waals surface area contributed by atoms with Crippen molar-refractivity contribution in [2.45, 2.75) is 37.5 Å². The molecule has 3 rings (SSSR count). The van der Waals surface area contributed by atoms with Gasteiger partial charge in [0.1, 0.15) is 0 Å². The van der Waals surface area contributed by atoms with Gasteiger partial charge < -0.3 is 0 Å². The van der Waals surface area contributed by atoms with E-state index in [-0.39, 0.29) is 5.41 Å². The lowest BCUT2D eigenvalue weighted by Crippen LogP contribution is -2.34. The molecule has 2 aliphatic rings. The Balaban J connectivity index is 1.82. The number of hydrogen-bond acceptors (Lipinski definition) is 0. The molecule has 20 heavy (non-hydrogen) atoms. The Labute approximate surface area is 147 Å². The van der Waals surface area contributed by atoms with Crippen molar-refractivity contribution in [1.82, 2.24) is 0 Å². The van der Waals surface area contributed by atoms with E-state index in [0.29, 0.717) is 0 Å². The van der Waals surface area contributed by atoms with Crippen molar-refractivity contribution in [1.29, 1.82) is 0 Å². The van der Waals surface area contributed by atoms with Crippen molar-refractivity contribution >= 4 is 47.8 Å². The molecule has 0 heterocycles. The normalized spacial score (nSPS) is 29.1. The molecule has 2 aliphatic carbocycles. The van der Waals surface area contributed by atoms with Gasteiger partial charge in [0.05, 0.1) is 0 Å². The van der Waals surface area contributed by atoms with Crippen LogP contribution in [0.25, 0.3) is 0 Å². The number of benzene rings is 1. The lowest BCUT2D eigenvalue weighted by Gasteiger charge is -2.36. The summed E-state index contributed by atoms with van der Waals surface area (Å²) in [4.78, 5) is 0. The quantitative estimate of drug-likeness (QED) is 0.448. The lowest BCUT2D eigenvalue weighted by molar-refractivity contribution is 0.266. The van der Waals surface area contributed by atoms with E-state index in [2.05, 4.69) is 72.1 Å². The number of rotatable bonds is 5. The predicted molar refractivity (Wildman–Crippen MR) is 97.0 cm³/mol. The maximum atomic E-state index is 3.81. The summed E-state index contributed by atoms with van der Waals surface area (Å²) in [5.74, 6) is 2.98. The Morgan fingerprint density at radius 2 is 1.70 bits per heavy atom. The van der Waals surface area contributed by atoms with Crippen LogP contribution < -0.4 is 0 Å². The van der Waals surface area contributed by atoms with E-state index in [1.165, 1.54) is 42.1 Å². The molecule has 0 nitrogen and oxygen atoms in total. The van der Waals surface area contributed by atoms with Crippen molar-refractivity contribution in [2.24, 2.45) is 17.8 Å². The van der Waals surface area contributed by atoms with Gasteiger partial charge in [-0.2, -0.15) is 0 Å². The van der Waals surface area contributed by atoms with E-state index in [9.17, 15) is 0 Å². The Morgan fingerprint density at radius 1 is 1.00 bits per heavy atom. The van der Waals surface area contributed by atoms with Crippen LogP contribution in [0.5, 0.6) is 0 Å². The third kappa shape index (κ3) is 2.92. The first-order valence-electron chi connectivity index (χ1n) is 7.55. The zero-order valence-electron chi connectivity index (χ0n) is 11.6. The zero-order valence-corrected chi connectivity index (χ0v) is 16.4. The van der Waals surface area contributed by atoms with Crippen LogP contribution in [0.2, 0.25) is 0 Å². The SMILES string of the molecule is BrCC(CBr)(CC1CC2CCC1C2)c1ccc(Br)cc1. The van der Waals surface area contributed by atoms with E-state index in [1.54, 1.807) is 0 Å². The van der Waals surface area contributed by atoms with Crippen LogP contribution in [0.3, 0.4) is 0 Å². The van der Waals surface area contributed by atoms with Gasteiger partial charge >= 0.3 is 0 Å². The third-order valence-electron chi connectivity index (χ3n) is 5.51. The third-order valence-corrected chi connectivity index (χ3v) is 8.18. The molecule has 0 radical (unpaired) electrons. The van der Waals surface area contributed by atoms with Gasteiger partial charge in [0, 0.05) is 20.5 Å². The molecule has 2 bridgehead atoms. The number of fused-ring (bicyclic) bond motifs is 2. The van der Waals surface area contributed by atoms with E-state index < -0.39 is 0 Å². The van der Waals surface area contributed by atoms with Crippen molar-refractivity contribution in [3.05, 3.63) is 34.3 Å². The number of alkyl halides is 2. The van der Waals surface area contributed by atoms with Crippen molar-refractivity contribution in [3.8, 4) is 0 Å². The molecular weight excluding hydrogens is 444 g/mol. The van der Waals surface area contributed by atoms with Crippen LogP contribution in [0.1, 0.15) is 37.7 Å². The van der Waals surface area contributed by atoms with E-state index in [1.807, 2.05) is 0 Å². The predicted octanol–water partition coefficient (Wildman–Crippen LogP) is 6.30. The molecule has 2 fully saturated rings. The van der Waals surface area contributed by atoms with Gasteiger partial charge in [-0.3, -0.25) is 0 Å². The van der Waals surface area contributed by atoms with Gasteiger partial charge in [0.15, 0.2) is 0 Å². The number of hydrogen-bond donors (Lipinski definition) is 0. The van der Waals surface area contributed by atoms with Crippen LogP contribution in [-0.2, 0) is 5.41 Å². The average Bonchev–Trinajstić information content (AvgIpc) is 3.08. The summed E-state index contributed by atoms with van der Waals surface area (Å²) in [6.45, 7) is 0. The molecule has 0 spiro atoms. The van der Waals surface area contributed by atoms with Gasteiger partial charge in [0.25, 0.3) is 0 Å². The van der Waals surface area contributed by atoms with Crippen LogP contribution >= 0.6 is 47.8 Å². The molecule has 0 N–H and O–H groups in total. The molecule has 1 aromatic carbocycles. The molecule has 2 saturated carbocycles. The largest absolute Gasteiger partial charge is 0.0918 e. The maximum absolute atomic E-state index is 3.81. The van der Waals surface area contributed by atoms with Crippen LogP contribution in [0, 0.1) is 17.8 Å². The van der Waals surface area contributed by atoms with Gasteiger partial charge in [-0.1, -0.05) is 66.3 Å². The summed E-state index contributed by atoms with van der Waals surface area (Å²) < 4.78 is 1.17. The average molecular weight is 465 g/mol. The highest BCUT2D eigenvalue weighted by Gasteiger charge is 2.43. The highest BCUT2D eigenvalue weighted by atomic mass is 79.9. The molecule has 3 unspecified atom stereocenters. The summed E-state index contributed by atoms with van der Waals surface area (Å²) in [7, 11) is 0. The summed E-state index contributed by atoms with van der Waals surface area (Å²) in [6.07, 6.45) is 7.28. The van der Waals surface area contributed by atoms with Crippen LogP contribution in [0.15, 0.2) is 28.7 Å². The smallest absolute Gasteiger partial charge is 0.0175 e. The first-order valence-corrected chi connectivity index (χ1v) is 10.6. The van der Waals surface area contributed by atoms with Crippen molar-refractivity contribution < 1.29 is 0 Å². The van der Waals surface area contributed by atoms with Crippen molar-refractivity contribution in [2.75, 3.05) is 10.7 Å². The Hall–Kier alpha value is 0.660. The van der Waals surface area contributed by atoms with Gasteiger partial charge in [-0.25, -0.2) is 0 Å². The van der Waals surface area contributed by atoms with Crippen LogP contribution in [0.4, 0.5) is 0 Å². The van der Waals surface area contributed by atoms with E-state index >= 15 is 0 Å². The summed E-state index contributed by atoms with van der Waals surface area (Å²) in [5.41, 5.74) is 1.72. The van der Waals surface area contributed by atoms with E-state index in [4.69, 9.17) is 0 Å². The monoisotopic (exact) mass is 462 g/mol. The minimum Gasteiger partial charge on any atom is -0.0918 e. The lowest BCUT2D eigenvalue weighted by atomic mass is 9.72. The Morgan fingerprint density at radius 3 is 2.20 bits per heavy atom. The summed E-state index contributed by atoms with van der Waals surface area (Å²) >= 11 is 11.2. The van der Waals surface area contributed by atoms with Gasteiger partial charge in [-0.05, 0) is 61.1 Å². The highest BCUT2D eigenvalue weighted by Crippen LogP contribution is 2.52. The second-order valence-corrected chi connectivity index (χ2v) is 8.73. The molecule has 110 valence electrons. The first-order chi connectivity index (χ1) is 9.66. The van der Waals surface area contributed by atoms with Crippen LogP contribution in [-0.4, -0.2) is 10.7 Å². The Bertz CT molecular complexity index is 450. The van der Waals surface area contributed by atoms with Gasteiger partial charge in [0.2, 0.25) is 0 Å². The fraction of sp³-hybridized carbons (Fsp3) is 0.647. The minimum absolute atomic E-state index is 0.246. The van der Waals surface area contributed by atoms with E-state index in [0.717, 1.165) is 28.4 Å². The second kappa shape index (κ2) is 6.42. The fourth-order valence-electron chi connectivity index (χ4n) is 4.35. The molecule has 0 saturated heterocycles. The van der Waals surface area contributed by atoms with Crippen molar-refractivity contribution in [3.63, 3.8) is 0 Å². The maximum Gasteiger partial charge on any atom is 0.0175 e. The molecule has 3 atom stereocenters. The minimum atomic E-state index is 0.246. The summed E-state index contributed by atoms with van der Waals surface area (Å²) in [5, 5.41) is 2.08. The second-order valence-electron chi connectivity index (χ2n) is 6.69. The summed E-state index contributed by atoms with van der Waals surface area (Å²) in [6, 6.07) is 8.94. The topological polar surface area (TPSA) is 0 Å². The first kappa shape index (κ1) is 15.6. The molecule has 0 aliphatic heterocycles. The highest BCUT2D eigenvalue weighted by molar-refractivity contribution is 9.10. The molecule has 0 aromatic heterocycles.